The van der Waals surface area contributed by atoms with Crippen molar-refractivity contribution in [3.8, 4) is 44.8 Å². The molecule has 0 spiro atoms. The van der Waals surface area contributed by atoms with E-state index in [0.29, 0.717) is 0 Å². The number of thiophene rings is 1. The molecule has 0 saturated heterocycles. The molecule has 0 saturated carbocycles. The Bertz CT molecular complexity index is 2870. The van der Waals surface area contributed by atoms with Crippen LogP contribution in [0.4, 0.5) is 0 Å². The van der Waals surface area contributed by atoms with Gasteiger partial charge in [0.2, 0.25) is 0 Å². The van der Waals surface area contributed by atoms with Crippen LogP contribution in [0.5, 0.6) is 0 Å². The van der Waals surface area contributed by atoms with Crippen molar-refractivity contribution in [2.24, 2.45) is 0 Å². The molecule has 10 rings (SSSR count). The second-order valence-electron chi connectivity index (χ2n) is 12.5. The lowest BCUT2D eigenvalue weighted by Gasteiger charge is -2.16. The molecule has 49 heavy (non-hydrogen) atoms. The highest BCUT2D eigenvalue weighted by molar-refractivity contribution is 7.25. The summed E-state index contributed by atoms with van der Waals surface area (Å²) in [5, 5.41) is 7.40. The fourth-order valence-corrected chi connectivity index (χ4v) is 8.61. The predicted molar refractivity (Wildman–Crippen MR) is 209 cm³/mol. The van der Waals surface area contributed by atoms with Crippen molar-refractivity contribution >= 4 is 64.1 Å². The van der Waals surface area contributed by atoms with E-state index >= 15 is 0 Å². The SMILES string of the molecule is c1ccc(-c2nc3ccc4c(-c5ccc(-c6cccc7sc8ccccc8c67)c6ccccc56)cccc4c3nc2-c2ccccc2)cc1. The van der Waals surface area contributed by atoms with Crippen LogP contribution in [0.25, 0.3) is 97.5 Å². The van der Waals surface area contributed by atoms with E-state index in [1.807, 2.05) is 23.5 Å². The Morgan fingerprint density at radius 3 is 1.57 bits per heavy atom. The molecule has 3 heteroatoms. The van der Waals surface area contributed by atoms with Gasteiger partial charge in [-0.05, 0) is 56.6 Å². The number of fused-ring (bicyclic) bond motifs is 7. The molecule has 2 aromatic heterocycles. The van der Waals surface area contributed by atoms with E-state index in [1.165, 1.54) is 58.6 Å². The van der Waals surface area contributed by atoms with Gasteiger partial charge >= 0.3 is 0 Å². The van der Waals surface area contributed by atoms with Crippen molar-refractivity contribution in [2.75, 3.05) is 0 Å². The fraction of sp³-hybridized carbons (Fsp3) is 0. The van der Waals surface area contributed by atoms with Crippen LogP contribution >= 0.6 is 11.3 Å². The number of nitrogens with zero attached hydrogens (tertiary/aromatic N) is 2. The van der Waals surface area contributed by atoms with Gasteiger partial charge in [-0.2, -0.15) is 0 Å². The third-order valence-corrected chi connectivity index (χ3v) is 10.8. The van der Waals surface area contributed by atoms with Crippen LogP contribution in [-0.4, -0.2) is 9.97 Å². The molecule has 0 unspecified atom stereocenters. The number of hydrogen-bond donors (Lipinski definition) is 0. The van der Waals surface area contributed by atoms with Gasteiger partial charge in [-0.3, -0.25) is 0 Å². The number of benzene rings is 8. The van der Waals surface area contributed by atoms with Crippen LogP contribution in [0.15, 0.2) is 170 Å². The average Bonchev–Trinajstić information content (AvgIpc) is 3.56. The molecule has 0 N–H and O–H groups in total. The van der Waals surface area contributed by atoms with Gasteiger partial charge in [0.1, 0.15) is 0 Å². The van der Waals surface area contributed by atoms with E-state index in [4.69, 9.17) is 9.97 Å². The Morgan fingerprint density at radius 1 is 0.327 bits per heavy atom. The highest BCUT2D eigenvalue weighted by Crippen LogP contribution is 2.44. The molecule has 2 heterocycles. The minimum Gasteiger partial charge on any atom is -0.244 e. The van der Waals surface area contributed by atoms with Crippen LogP contribution < -0.4 is 0 Å². The van der Waals surface area contributed by atoms with E-state index < -0.39 is 0 Å². The van der Waals surface area contributed by atoms with Crippen LogP contribution in [0.3, 0.4) is 0 Å². The zero-order valence-corrected chi connectivity index (χ0v) is 27.3. The van der Waals surface area contributed by atoms with Gasteiger partial charge in [0.25, 0.3) is 0 Å². The second kappa shape index (κ2) is 11.2. The highest BCUT2D eigenvalue weighted by Gasteiger charge is 2.18. The molecule has 0 radical (unpaired) electrons. The summed E-state index contributed by atoms with van der Waals surface area (Å²) >= 11 is 1.87. The van der Waals surface area contributed by atoms with E-state index in [2.05, 4.69) is 158 Å². The summed E-state index contributed by atoms with van der Waals surface area (Å²) in [5.41, 5.74) is 10.6. The maximum absolute atomic E-state index is 5.39. The molecule has 0 aliphatic rings. The van der Waals surface area contributed by atoms with Gasteiger partial charge in [0.05, 0.1) is 22.4 Å². The zero-order valence-electron chi connectivity index (χ0n) is 26.5. The molecular formula is C46H28N2S. The number of hydrogen-bond acceptors (Lipinski definition) is 3. The van der Waals surface area contributed by atoms with Crippen LogP contribution in [-0.2, 0) is 0 Å². The summed E-state index contributed by atoms with van der Waals surface area (Å²) in [6, 6.07) is 60.7. The van der Waals surface area contributed by atoms with Crippen molar-refractivity contribution in [2.45, 2.75) is 0 Å². The van der Waals surface area contributed by atoms with Crippen molar-refractivity contribution < 1.29 is 0 Å². The minimum absolute atomic E-state index is 0.888. The van der Waals surface area contributed by atoms with Gasteiger partial charge in [0, 0.05) is 36.7 Å². The number of rotatable bonds is 4. The van der Waals surface area contributed by atoms with E-state index in [9.17, 15) is 0 Å². The monoisotopic (exact) mass is 640 g/mol. The normalized spacial score (nSPS) is 11.7. The van der Waals surface area contributed by atoms with Gasteiger partial charge < -0.3 is 0 Å². The Hall–Kier alpha value is -6.16. The molecule has 0 aliphatic carbocycles. The summed E-state index contributed by atoms with van der Waals surface area (Å²) in [6.07, 6.45) is 0. The summed E-state index contributed by atoms with van der Waals surface area (Å²) in [6.45, 7) is 0. The zero-order chi connectivity index (χ0) is 32.3. The standard InChI is InChI=1S/C46H28N2S/c1-3-13-29(14-4-1)44-45(30-15-5-2-6-16-30)48-46-38-22-11-20-33(36(38)27-28-40(46)47-44)34-25-26-35(32-18-8-7-17-31(32)34)37-21-12-24-42-43(37)39-19-9-10-23-41(39)49-42/h1-28H. The first-order valence-corrected chi connectivity index (χ1v) is 17.4. The largest absolute Gasteiger partial charge is 0.244 e. The maximum Gasteiger partial charge on any atom is 0.0973 e. The Labute approximate surface area is 287 Å². The average molecular weight is 641 g/mol. The molecule has 0 atom stereocenters. The van der Waals surface area contributed by atoms with Crippen molar-refractivity contribution in [3.63, 3.8) is 0 Å². The molecule has 8 aromatic carbocycles. The molecule has 0 aliphatic heterocycles. The molecule has 0 fully saturated rings. The third-order valence-electron chi connectivity index (χ3n) is 9.69. The quantitative estimate of drug-likeness (QED) is 0.179. The first kappa shape index (κ1) is 27.9. The first-order chi connectivity index (χ1) is 24.3. The summed E-state index contributed by atoms with van der Waals surface area (Å²) in [5.74, 6) is 0. The first-order valence-electron chi connectivity index (χ1n) is 16.6. The summed E-state index contributed by atoms with van der Waals surface area (Å²) < 4.78 is 2.64. The Kier molecular flexibility index (Phi) is 6.39. The highest BCUT2D eigenvalue weighted by atomic mass is 32.1. The van der Waals surface area contributed by atoms with Crippen molar-refractivity contribution in [1.82, 2.24) is 9.97 Å². The third kappa shape index (κ3) is 4.47. The topological polar surface area (TPSA) is 25.8 Å². The van der Waals surface area contributed by atoms with Crippen LogP contribution in [0, 0.1) is 0 Å². The molecule has 2 nitrogen and oxygen atoms in total. The Morgan fingerprint density at radius 2 is 0.837 bits per heavy atom. The molecule has 228 valence electrons. The van der Waals surface area contributed by atoms with Crippen LogP contribution in [0.1, 0.15) is 0 Å². The van der Waals surface area contributed by atoms with Crippen molar-refractivity contribution in [1.29, 1.82) is 0 Å². The van der Waals surface area contributed by atoms with E-state index in [-0.39, 0.29) is 0 Å². The van der Waals surface area contributed by atoms with E-state index in [0.717, 1.165) is 38.9 Å². The smallest absolute Gasteiger partial charge is 0.0973 e. The van der Waals surface area contributed by atoms with E-state index in [1.54, 1.807) is 0 Å². The lowest BCUT2D eigenvalue weighted by Crippen LogP contribution is -1.96. The van der Waals surface area contributed by atoms with Crippen LogP contribution in [0.2, 0.25) is 0 Å². The Balaban J connectivity index is 1.20. The number of aromatic nitrogens is 2. The molecule has 0 amide bonds. The second-order valence-corrected chi connectivity index (χ2v) is 13.6. The minimum atomic E-state index is 0.888. The van der Waals surface area contributed by atoms with Gasteiger partial charge in [-0.1, -0.05) is 152 Å². The van der Waals surface area contributed by atoms with Gasteiger partial charge in [-0.15, -0.1) is 11.3 Å². The summed E-state index contributed by atoms with van der Waals surface area (Å²) in [4.78, 5) is 10.6. The summed E-state index contributed by atoms with van der Waals surface area (Å²) in [7, 11) is 0. The van der Waals surface area contributed by atoms with Gasteiger partial charge in [-0.25, -0.2) is 9.97 Å². The van der Waals surface area contributed by atoms with Crippen molar-refractivity contribution in [3.05, 3.63) is 170 Å². The maximum atomic E-state index is 5.39. The van der Waals surface area contributed by atoms with Gasteiger partial charge in [0.15, 0.2) is 0 Å². The molecule has 10 aromatic rings. The lowest BCUT2D eigenvalue weighted by atomic mass is 9.89. The molecule has 0 bridgehead atoms. The predicted octanol–water partition coefficient (Wildman–Crippen LogP) is 13.0. The lowest BCUT2D eigenvalue weighted by molar-refractivity contribution is 1.30. The molecular weight excluding hydrogens is 613 g/mol. The fourth-order valence-electron chi connectivity index (χ4n) is 7.47.